The molecule has 0 spiro atoms. The number of rotatable bonds is 4. The molecule has 20 heavy (non-hydrogen) atoms. The predicted molar refractivity (Wildman–Crippen MR) is 80.8 cm³/mol. The topological polar surface area (TPSA) is 58.2 Å². The number of carbonyl (C=O) groups excluding carboxylic acids is 2. The van der Waals surface area contributed by atoms with Crippen LogP contribution in [0, 0.1) is 5.41 Å². The maximum atomic E-state index is 12.1. The molecule has 2 rings (SSSR count). The Morgan fingerprint density at radius 2 is 2.20 bits per heavy atom. The molecule has 1 aliphatic rings. The fourth-order valence-corrected chi connectivity index (χ4v) is 3.25. The van der Waals surface area contributed by atoms with Crippen LogP contribution < -0.4 is 10.6 Å². The summed E-state index contributed by atoms with van der Waals surface area (Å²) in [6.07, 6.45) is 3.16. The van der Waals surface area contributed by atoms with E-state index in [1.165, 1.54) is 11.3 Å². The molecule has 2 N–H and O–H groups in total. The lowest BCUT2D eigenvalue weighted by molar-refractivity contribution is -0.123. The van der Waals surface area contributed by atoms with Gasteiger partial charge in [0.2, 0.25) is 5.91 Å². The molecule has 0 aromatic carbocycles. The average Bonchev–Trinajstić information content (AvgIpc) is 2.98. The summed E-state index contributed by atoms with van der Waals surface area (Å²) in [7, 11) is 0. The van der Waals surface area contributed by atoms with Crippen molar-refractivity contribution in [1.82, 2.24) is 10.6 Å². The second-order valence-electron chi connectivity index (χ2n) is 6.28. The molecule has 4 nitrogen and oxygen atoms in total. The first kappa shape index (κ1) is 15.0. The Kier molecular flexibility index (Phi) is 4.48. The van der Waals surface area contributed by atoms with E-state index in [1.807, 2.05) is 11.4 Å². The van der Waals surface area contributed by atoms with Crippen LogP contribution in [0.2, 0.25) is 0 Å². The van der Waals surface area contributed by atoms with Crippen molar-refractivity contribution in [2.45, 2.75) is 52.1 Å². The van der Waals surface area contributed by atoms with Crippen molar-refractivity contribution in [2.24, 2.45) is 5.41 Å². The van der Waals surface area contributed by atoms with E-state index < -0.39 is 6.04 Å². The van der Waals surface area contributed by atoms with Crippen molar-refractivity contribution in [3.8, 4) is 0 Å². The molecule has 0 aliphatic heterocycles. The fourth-order valence-electron chi connectivity index (χ4n) is 2.63. The largest absolute Gasteiger partial charge is 0.352 e. The summed E-state index contributed by atoms with van der Waals surface area (Å²) in [5.41, 5.74) is 0.307. The molecule has 1 saturated carbocycles. The first-order chi connectivity index (χ1) is 9.37. The van der Waals surface area contributed by atoms with Crippen LogP contribution in [0.3, 0.4) is 0 Å². The van der Waals surface area contributed by atoms with E-state index in [1.54, 1.807) is 13.0 Å². The van der Waals surface area contributed by atoms with Crippen LogP contribution in [0.1, 0.15) is 49.7 Å². The number of carbonyl (C=O) groups is 2. The lowest BCUT2D eigenvalue weighted by Gasteiger charge is -2.20. The SMILES string of the molecule is CC(NC(=O)c1cccs1)C(=O)NC1CCC(C)(C)C1. The van der Waals surface area contributed by atoms with Crippen LogP contribution >= 0.6 is 11.3 Å². The number of thiophene rings is 1. The highest BCUT2D eigenvalue weighted by Crippen LogP contribution is 2.36. The fraction of sp³-hybridized carbons (Fsp3) is 0.600. The molecule has 0 radical (unpaired) electrons. The lowest BCUT2D eigenvalue weighted by atomic mass is 9.92. The summed E-state index contributed by atoms with van der Waals surface area (Å²) >= 11 is 1.37. The molecule has 2 unspecified atom stereocenters. The molecule has 2 atom stereocenters. The second kappa shape index (κ2) is 5.95. The van der Waals surface area contributed by atoms with Gasteiger partial charge in [0.1, 0.15) is 6.04 Å². The van der Waals surface area contributed by atoms with Crippen molar-refractivity contribution in [1.29, 1.82) is 0 Å². The summed E-state index contributed by atoms with van der Waals surface area (Å²) in [5.74, 6) is -0.285. The van der Waals surface area contributed by atoms with Crippen molar-refractivity contribution < 1.29 is 9.59 Å². The quantitative estimate of drug-likeness (QED) is 0.896. The maximum Gasteiger partial charge on any atom is 0.261 e. The van der Waals surface area contributed by atoms with E-state index in [0.29, 0.717) is 10.3 Å². The predicted octanol–water partition coefficient (Wildman–Crippen LogP) is 2.56. The van der Waals surface area contributed by atoms with Crippen LogP contribution in [0.4, 0.5) is 0 Å². The highest BCUT2D eigenvalue weighted by Gasteiger charge is 2.32. The van der Waals surface area contributed by atoms with Gasteiger partial charge in [-0.15, -0.1) is 11.3 Å². The van der Waals surface area contributed by atoms with Crippen LogP contribution in [-0.2, 0) is 4.79 Å². The standard InChI is InChI=1S/C15H22N2O2S/c1-10(16-14(19)12-5-4-8-20-12)13(18)17-11-6-7-15(2,3)9-11/h4-5,8,10-11H,6-7,9H2,1-3H3,(H,16,19)(H,17,18). The van der Waals surface area contributed by atoms with E-state index in [0.717, 1.165) is 19.3 Å². The van der Waals surface area contributed by atoms with Gasteiger partial charge in [0.15, 0.2) is 0 Å². The molecule has 1 aromatic heterocycles. The summed E-state index contributed by atoms with van der Waals surface area (Å²) in [5, 5.41) is 7.62. The van der Waals surface area contributed by atoms with Gasteiger partial charge in [0.25, 0.3) is 5.91 Å². The van der Waals surface area contributed by atoms with Gasteiger partial charge in [0.05, 0.1) is 4.88 Å². The van der Waals surface area contributed by atoms with Crippen LogP contribution in [-0.4, -0.2) is 23.9 Å². The minimum atomic E-state index is -0.506. The van der Waals surface area contributed by atoms with Gasteiger partial charge in [-0.25, -0.2) is 0 Å². The molecular weight excluding hydrogens is 272 g/mol. The number of hydrogen-bond donors (Lipinski definition) is 2. The average molecular weight is 294 g/mol. The molecule has 5 heteroatoms. The molecule has 1 aliphatic carbocycles. The van der Waals surface area contributed by atoms with Gasteiger partial charge in [-0.2, -0.15) is 0 Å². The van der Waals surface area contributed by atoms with Gasteiger partial charge >= 0.3 is 0 Å². The highest BCUT2D eigenvalue weighted by atomic mass is 32.1. The Morgan fingerprint density at radius 3 is 2.75 bits per heavy atom. The molecule has 1 fully saturated rings. The first-order valence-corrected chi connectivity index (χ1v) is 7.90. The van der Waals surface area contributed by atoms with Crippen molar-refractivity contribution in [3.05, 3.63) is 22.4 Å². The zero-order valence-electron chi connectivity index (χ0n) is 12.2. The van der Waals surface area contributed by atoms with Crippen molar-refractivity contribution in [3.63, 3.8) is 0 Å². The molecule has 1 heterocycles. The smallest absolute Gasteiger partial charge is 0.261 e. The van der Waals surface area contributed by atoms with Gasteiger partial charge in [0, 0.05) is 6.04 Å². The maximum absolute atomic E-state index is 12.1. The lowest BCUT2D eigenvalue weighted by Crippen LogP contribution is -2.47. The monoisotopic (exact) mass is 294 g/mol. The van der Waals surface area contributed by atoms with Gasteiger partial charge in [-0.05, 0) is 43.0 Å². The van der Waals surface area contributed by atoms with Crippen molar-refractivity contribution in [2.75, 3.05) is 0 Å². The molecule has 0 bridgehead atoms. The number of nitrogens with one attached hydrogen (secondary N) is 2. The minimum absolute atomic E-state index is 0.0994. The summed E-state index contributed by atoms with van der Waals surface area (Å²) in [6.45, 7) is 6.17. The summed E-state index contributed by atoms with van der Waals surface area (Å²) in [4.78, 5) is 24.6. The van der Waals surface area contributed by atoms with E-state index in [2.05, 4.69) is 24.5 Å². The normalized spacial score (nSPS) is 22.2. The third kappa shape index (κ3) is 3.82. The van der Waals surface area contributed by atoms with E-state index in [4.69, 9.17) is 0 Å². The second-order valence-corrected chi connectivity index (χ2v) is 7.23. The Balaban J connectivity index is 1.82. The Morgan fingerprint density at radius 1 is 1.45 bits per heavy atom. The van der Waals surface area contributed by atoms with Gasteiger partial charge in [-0.1, -0.05) is 19.9 Å². The van der Waals surface area contributed by atoms with Gasteiger partial charge in [-0.3, -0.25) is 9.59 Å². The Labute approximate surface area is 124 Å². The number of amides is 2. The zero-order valence-corrected chi connectivity index (χ0v) is 13.0. The Bertz CT molecular complexity index is 482. The molecule has 1 aromatic rings. The van der Waals surface area contributed by atoms with Crippen LogP contribution in [0.25, 0.3) is 0 Å². The van der Waals surface area contributed by atoms with Crippen LogP contribution in [0.5, 0.6) is 0 Å². The van der Waals surface area contributed by atoms with E-state index in [9.17, 15) is 9.59 Å². The Hall–Kier alpha value is -1.36. The highest BCUT2D eigenvalue weighted by molar-refractivity contribution is 7.12. The third-order valence-corrected chi connectivity index (χ3v) is 4.67. The van der Waals surface area contributed by atoms with Crippen LogP contribution in [0.15, 0.2) is 17.5 Å². The van der Waals surface area contributed by atoms with E-state index in [-0.39, 0.29) is 17.9 Å². The number of hydrogen-bond acceptors (Lipinski definition) is 3. The molecule has 110 valence electrons. The zero-order chi connectivity index (χ0) is 14.8. The minimum Gasteiger partial charge on any atom is -0.352 e. The van der Waals surface area contributed by atoms with Crippen molar-refractivity contribution >= 4 is 23.2 Å². The molecule has 0 saturated heterocycles. The first-order valence-electron chi connectivity index (χ1n) is 7.02. The van der Waals surface area contributed by atoms with E-state index >= 15 is 0 Å². The molecule has 2 amide bonds. The molecular formula is C15H22N2O2S. The third-order valence-electron chi connectivity index (χ3n) is 3.80. The van der Waals surface area contributed by atoms with Gasteiger partial charge < -0.3 is 10.6 Å². The summed E-state index contributed by atoms with van der Waals surface area (Å²) < 4.78 is 0. The summed E-state index contributed by atoms with van der Waals surface area (Å²) in [6, 6.07) is 3.31.